The summed E-state index contributed by atoms with van der Waals surface area (Å²) in [6, 6.07) is 20.0. The SMILES string of the molecule is O=C(c1cnc(-n2cccn2)[nH]c1=O)N(Nc1ccccc1)c1ccccc1. The Hall–Kier alpha value is -4.20. The van der Waals surface area contributed by atoms with E-state index in [9.17, 15) is 9.59 Å². The summed E-state index contributed by atoms with van der Waals surface area (Å²) < 4.78 is 1.41. The second kappa shape index (κ2) is 7.58. The Labute approximate surface area is 160 Å². The van der Waals surface area contributed by atoms with Crippen LogP contribution in [0.15, 0.2) is 90.1 Å². The van der Waals surface area contributed by atoms with E-state index in [1.807, 2.05) is 48.5 Å². The molecule has 2 N–H and O–H groups in total. The number of nitrogens with one attached hydrogen (secondary N) is 2. The van der Waals surface area contributed by atoms with Crippen molar-refractivity contribution in [2.24, 2.45) is 0 Å². The fourth-order valence-corrected chi connectivity index (χ4v) is 2.62. The van der Waals surface area contributed by atoms with Crippen molar-refractivity contribution in [3.8, 4) is 5.95 Å². The van der Waals surface area contributed by atoms with Gasteiger partial charge in [0.2, 0.25) is 5.95 Å². The lowest BCUT2D eigenvalue weighted by atomic mass is 10.2. The lowest BCUT2D eigenvalue weighted by molar-refractivity contribution is 0.0991. The fraction of sp³-hybridized carbons (Fsp3) is 0. The van der Waals surface area contributed by atoms with E-state index in [-0.39, 0.29) is 11.5 Å². The first-order valence-electron chi connectivity index (χ1n) is 8.53. The van der Waals surface area contributed by atoms with Crippen LogP contribution in [0.5, 0.6) is 0 Å². The number of para-hydroxylation sites is 2. The van der Waals surface area contributed by atoms with E-state index >= 15 is 0 Å². The number of hydrazine groups is 1. The van der Waals surface area contributed by atoms with Gasteiger partial charge >= 0.3 is 0 Å². The zero-order chi connectivity index (χ0) is 19.3. The summed E-state index contributed by atoms with van der Waals surface area (Å²) in [6.45, 7) is 0. The topological polar surface area (TPSA) is 95.9 Å². The van der Waals surface area contributed by atoms with E-state index < -0.39 is 11.5 Å². The van der Waals surface area contributed by atoms with Gasteiger partial charge in [-0.1, -0.05) is 36.4 Å². The maximum absolute atomic E-state index is 13.1. The third-order valence-electron chi connectivity index (χ3n) is 3.97. The maximum Gasteiger partial charge on any atom is 0.284 e. The van der Waals surface area contributed by atoms with Crippen LogP contribution in [0.1, 0.15) is 10.4 Å². The molecule has 8 nitrogen and oxygen atoms in total. The van der Waals surface area contributed by atoms with Gasteiger partial charge in [0.05, 0.1) is 11.4 Å². The number of rotatable bonds is 5. The van der Waals surface area contributed by atoms with E-state index in [0.29, 0.717) is 11.4 Å². The van der Waals surface area contributed by atoms with Crippen LogP contribution in [0.3, 0.4) is 0 Å². The van der Waals surface area contributed by atoms with Crippen molar-refractivity contribution in [3.63, 3.8) is 0 Å². The molecule has 0 spiro atoms. The third-order valence-corrected chi connectivity index (χ3v) is 3.97. The van der Waals surface area contributed by atoms with Crippen LogP contribution in [0.4, 0.5) is 11.4 Å². The second-order valence-electron chi connectivity index (χ2n) is 5.85. The highest BCUT2D eigenvalue weighted by molar-refractivity contribution is 6.06. The number of aromatic nitrogens is 4. The van der Waals surface area contributed by atoms with Gasteiger partial charge in [-0.05, 0) is 30.3 Å². The molecule has 0 aliphatic rings. The molecule has 2 aromatic heterocycles. The molecule has 0 radical (unpaired) electrons. The fourth-order valence-electron chi connectivity index (χ4n) is 2.62. The van der Waals surface area contributed by atoms with Crippen LogP contribution in [-0.4, -0.2) is 25.7 Å². The second-order valence-corrected chi connectivity index (χ2v) is 5.85. The molecule has 0 aliphatic carbocycles. The standard InChI is InChI=1S/C20H16N6O2/c27-18-17(14-21-20(23-18)25-13-7-12-22-25)19(28)26(16-10-5-2-6-11-16)24-15-8-3-1-4-9-15/h1-14,24H,(H,21,23,27). The van der Waals surface area contributed by atoms with Crippen LogP contribution in [0.2, 0.25) is 0 Å². The lowest BCUT2D eigenvalue weighted by Crippen LogP contribution is -2.39. The zero-order valence-corrected chi connectivity index (χ0v) is 14.7. The molecule has 0 unspecified atom stereocenters. The Morgan fingerprint density at radius 3 is 2.36 bits per heavy atom. The van der Waals surface area contributed by atoms with Crippen molar-refractivity contribution in [3.05, 3.63) is 101 Å². The molecule has 28 heavy (non-hydrogen) atoms. The Morgan fingerprint density at radius 2 is 1.71 bits per heavy atom. The predicted octanol–water partition coefficient (Wildman–Crippen LogP) is 2.63. The maximum atomic E-state index is 13.1. The number of anilines is 2. The number of benzene rings is 2. The highest BCUT2D eigenvalue weighted by atomic mass is 16.2. The molecule has 4 aromatic rings. The molecule has 2 aromatic carbocycles. The summed E-state index contributed by atoms with van der Waals surface area (Å²) in [7, 11) is 0. The number of nitrogens with zero attached hydrogens (tertiary/aromatic N) is 4. The average molecular weight is 372 g/mol. The van der Waals surface area contributed by atoms with Crippen molar-refractivity contribution >= 4 is 17.3 Å². The molecule has 2 heterocycles. The normalized spacial score (nSPS) is 10.4. The van der Waals surface area contributed by atoms with Crippen LogP contribution in [-0.2, 0) is 0 Å². The summed E-state index contributed by atoms with van der Waals surface area (Å²) >= 11 is 0. The number of amides is 1. The third kappa shape index (κ3) is 3.51. The molecule has 0 fully saturated rings. The van der Waals surface area contributed by atoms with E-state index in [0.717, 1.165) is 0 Å². The van der Waals surface area contributed by atoms with E-state index in [1.165, 1.54) is 15.9 Å². The van der Waals surface area contributed by atoms with Gasteiger partial charge in [0.15, 0.2) is 0 Å². The van der Waals surface area contributed by atoms with Crippen molar-refractivity contribution in [1.29, 1.82) is 0 Å². The first-order chi connectivity index (χ1) is 13.7. The summed E-state index contributed by atoms with van der Waals surface area (Å²) in [6.07, 6.45) is 4.47. The number of H-pyrrole nitrogens is 1. The minimum absolute atomic E-state index is 0.0943. The van der Waals surface area contributed by atoms with Crippen LogP contribution in [0.25, 0.3) is 5.95 Å². The zero-order valence-electron chi connectivity index (χ0n) is 14.7. The lowest BCUT2D eigenvalue weighted by Gasteiger charge is -2.24. The number of carbonyl (C=O) groups is 1. The minimum atomic E-state index is -0.554. The first-order valence-corrected chi connectivity index (χ1v) is 8.53. The molecule has 0 atom stereocenters. The highest BCUT2D eigenvalue weighted by Crippen LogP contribution is 2.18. The Kier molecular flexibility index (Phi) is 4.67. The molecular formula is C20H16N6O2. The Balaban J connectivity index is 1.70. The summed E-state index contributed by atoms with van der Waals surface area (Å²) in [4.78, 5) is 32.4. The van der Waals surface area contributed by atoms with Gasteiger partial charge in [-0.2, -0.15) is 5.10 Å². The average Bonchev–Trinajstić information content (AvgIpc) is 3.28. The number of hydrogen-bond donors (Lipinski definition) is 2. The van der Waals surface area contributed by atoms with Gasteiger partial charge in [0, 0.05) is 18.6 Å². The molecule has 8 heteroatoms. The smallest absolute Gasteiger partial charge is 0.284 e. The Bertz CT molecular complexity index is 1120. The molecular weight excluding hydrogens is 356 g/mol. The van der Waals surface area contributed by atoms with Crippen LogP contribution >= 0.6 is 0 Å². The van der Waals surface area contributed by atoms with Gasteiger partial charge in [-0.3, -0.25) is 20.0 Å². The van der Waals surface area contributed by atoms with E-state index in [2.05, 4.69) is 20.5 Å². The molecule has 0 bridgehead atoms. The quantitative estimate of drug-likeness (QED) is 0.525. The van der Waals surface area contributed by atoms with Crippen LogP contribution < -0.4 is 16.0 Å². The largest absolute Gasteiger partial charge is 0.291 e. The van der Waals surface area contributed by atoms with Gasteiger partial charge in [0.1, 0.15) is 5.56 Å². The highest BCUT2D eigenvalue weighted by Gasteiger charge is 2.22. The molecule has 0 aliphatic heterocycles. The predicted molar refractivity (Wildman–Crippen MR) is 105 cm³/mol. The van der Waals surface area contributed by atoms with E-state index in [1.54, 1.807) is 30.6 Å². The Morgan fingerprint density at radius 1 is 1.00 bits per heavy atom. The monoisotopic (exact) mass is 372 g/mol. The van der Waals surface area contributed by atoms with Crippen LogP contribution in [0, 0.1) is 0 Å². The summed E-state index contributed by atoms with van der Waals surface area (Å²) in [5.41, 5.74) is 3.70. The van der Waals surface area contributed by atoms with Gasteiger partial charge in [0.25, 0.3) is 11.5 Å². The summed E-state index contributed by atoms with van der Waals surface area (Å²) in [5, 5.41) is 5.33. The van der Waals surface area contributed by atoms with Gasteiger partial charge in [-0.15, -0.1) is 0 Å². The summed E-state index contributed by atoms with van der Waals surface area (Å²) in [5.74, 6) is -0.301. The molecule has 4 rings (SSSR count). The van der Waals surface area contributed by atoms with Gasteiger partial charge < -0.3 is 0 Å². The van der Waals surface area contributed by atoms with Crippen molar-refractivity contribution in [2.75, 3.05) is 10.4 Å². The number of hydrogen-bond acceptors (Lipinski definition) is 5. The van der Waals surface area contributed by atoms with Crippen molar-refractivity contribution in [1.82, 2.24) is 19.7 Å². The molecule has 0 saturated carbocycles. The molecule has 1 amide bonds. The van der Waals surface area contributed by atoms with Crippen molar-refractivity contribution in [2.45, 2.75) is 0 Å². The van der Waals surface area contributed by atoms with Gasteiger partial charge in [-0.25, -0.2) is 14.7 Å². The molecule has 0 saturated heterocycles. The number of aromatic amines is 1. The van der Waals surface area contributed by atoms with Crippen molar-refractivity contribution < 1.29 is 4.79 Å². The number of carbonyl (C=O) groups excluding carboxylic acids is 1. The van der Waals surface area contributed by atoms with E-state index in [4.69, 9.17) is 0 Å². The first kappa shape index (κ1) is 17.2. The minimum Gasteiger partial charge on any atom is -0.291 e. The molecule has 138 valence electrons.